The van der Waals surface area contributed by atoms with Crippen LogP contribution in [0.2, 0.25) is 0 Å². The summed E-state index contributed by atoms with van der Waals surface area (Å²) in [6, 6.07) is -0.121. The Morgan fingerprint density at radius 3 is 2.35 bits per heavy atom. The normalized spacial score (nSPS) is 15.3. The van der Waals surface area contributed by atoms with Gasteiger partial charge in [-0.3, -0.25) is 4.79 Å². The zero-order valence-corrected chi connectivity index (χ0v) is 11.8. The van der Waals surface area contributed by atoms with Crippen LogP contribution >= 0.6 is 0 Å². The van der Waals surface area contributed by atoms with E-state index in [1.807, 2.05) is 13.8 Å². The number of carbonyl (C=O) groups excluding carboxylic acids is 1. The molecule has 0 rings (SSSR count). The number of rotatable bonds is 8. The molecule has 0 saturated heterocycles. The highest BCUT2D eigenvalue weighted by atomic mass is 32.2. The molecule has 5 nitrogen and oxygen atoms in total. The second kappa shape index (κ2) is 7.66. The lowest BCUT2D eigenvalue weighted by atomic mass is 10.1. The van der Waals surface area contributed by atoms with E-state index < -0.39 is 26.8 Å². The van der Waals surface area contributed by atoms with Crippen LogP contribution < -0.4 is 5.32 Å². The molecule has 0 saturated carbocycles. The average molecular weight is 265 g/mol. The Bertz CT molecular complexity index is 326. The Labute approximate surface area is 104 Å². The minimum atomic E-state index is -3.45. The van der Waals surface area contributed by atoms with Crippen molar-refractivity contribution in [1.29, 1.82) is 0 Å². The largest absolute Gasteiger partial charge is 0.468 e. The number of sulfone groups is 1. The molecule has 0 fully saturated rings. The summed E-state index contributed by atoms with van der Waals surface area (Å²) >= 11 is 0. The van der Waals surface area contributed by atoms with Gasteiger partial charge in [0.2, 0.25) is 0 Å². The molecule has 0 aromatic rings. The molecule has 0 aliphatic rings. The molecule has 0 bridgehead atoms. The molecular formula is C11H23NO4S. The average Bonchev–Trinajstić information content (AvgIpc) is 2.29. The highest BCUT2D eigenvalue weighted by molar-refractivity contribution is 7.92. The first-order valence-electron chi connectivity index (χ1n) is 5.90. The van der Waals surface area contributed by atoms with Gasteiger partial charge in [-0.05, 0) is 26.3 Å². The summed E-state index contributed by atoms with van der Waals surface area (Å²) in [6.07, 6.45) is 1.65. The zero-order valence-electron chi connectivity index (χ0n) is 11.0. The van der Waals surface area contributed by atoms with E-state index in [0.29, 0.717) is 6.42 Å². The standard InChI is InChI=1S/C11H23NO4S/c1-5-7-12-10(6-2)9(3)17(14,15)8-11(13)16-4/h9-10,12H,5-8H2,1-4H3. The number of nitrogens with one attached hydrogen (secondary N) is 1. The van der Waals surface area contributed by atoms with Crippen LogP contribution in [0.1, 0.15) is 33.6 Å². The number of hydrogen-bond donors (Lipinski definition) is 1. The third-order valence-corrected chi connectivity index (χ3v) is 4.88. The van der Waals surface area contributed by atoms with Gasteiger partial charge in [-0.25, -0.2) is 8.42 Å². The van der Waals surface area contributed by atoms with Crippen LogP contribution in [0.3, 0.4) is 0 Å². The van der Waals surface area contributed by atoms with E-state index in [-0.39, 0.29) is 6.04 Å². The fraction of sp³-hybridized carbons (Fsp3) is 0.909. The maximum atomic E-state index is 11.9. The molecule has 0 heterocycles. The summed E-state index contributed by atoms with van der Waals surface area (Å²) in [5, 5.41) is 2.60. The van der Waals surface area contributed by atoms with Crippen LogP contribution in [0.5, 0.6) is 0 Å². The minimum Gasteiger partial charge on any atom is -0.468 e. The molecule has 0 spiro atoms. The molecular weight excluding hydrogens is 242 g/mol. The molecule has 1 N–H and O–H groups in total. The fourth-order valence-corrected chi connectivity index (χ4v) is 3.08. The smallest absolute Gasteiger partial charge is 0.320 e. The highest BCUT2D eigenvalue weighted by Crippen LogP contribution is 2.10. The first-order chi connectivity index (χ1) is 7.88. The quantitative estimate of drug-likeness (QED) is 0.655. The van der Waals surface area contributed by atoms with E-state index in [2.05, 4.69) is 10.1 Å². The number of hydrogen-bond acceptors (Lipinski definition) is 5. The number of carbonyl (C=O) groups is 1. The Morgan fingerprint density at radius 1 is 1.35 bits per heavy atom. The predicted molar refractivity (Wildman–Crippen MR) is 67.6 cm³/mol. The van der Waals surface area contributed by atoms with Crippen molar-refractivity contribution in [2.24, 2.45) is 0 Å². The molecule has 17 heavy (non-hydrogen) atoms. The van der Waals surface area contributed by atoms with Crippen LogP contribution in [0.25, 0.3) is 0 Å². The van der Waals surface area contributed by atoms with Gasteiger partial charge in [0.05, 0.1) is 12.4 Å². The lowest BCUT2D eigenvalue weighted by Gasteiger charge is -2.23. The summed E-state index contributed by atoms with van der Waals surface area (Å²) in [4.78, 5) is 11.0. The van der Waals surface area contributed by atoms with E-state index in [0.717, 1.165) is 13.0 Å². The first-order valence-corrected chi connectivity index (χ1v) is 7.62. The molecule has 0 aliphatic heterocycles. The lowest BCUT2D eigenvalue weighted by molar-refractivity contribution is -0.137. The fourth-order valence-electron chi connectivity index (χ4n) is 1.58. The van der Waals surface area contributed by atoms with Crippen LogP contribution in [-0.4, -0.2) is 45.1 Å². The van der Waals surface area contributed by atoms with Crippen LogP contribution in [-0.2, 0) is 19.4 Å². The van der Waals surface area contributed by atoms with Crippen molar-refractivity contribution < 1.29 is 17.9 Å². The van der Waals surface area contributed by atoms with Crippen LogP contribution in [0, 0.1) is 0 Å². The van der Waals surface area contributed by atoms with Gasteiger partial charge in [-0.2, -0.15) is 0 Å². The van der Waals surface area contributed by atoms with Gasteiger partial charge in [0.25, 0.3) is 0 Å². The summed E-state index contributed by atoms with van der Waals surface area (Å²) in [5.41, 5.74) is 0. The van der Waals surface area contributed by atoms with Crippen molar-refractivity contribution in [3.05, 3.63) is 0 Å². The van der Waals surface area contributed by atoms with Gasteiger partial charge in [0.15, 0.2) is 9.84 Å². The van der Waals surface area contributed by atoms with Crippen LogP contribution in [0.15, 0.2) is 0 Å². The third kappa shape index (κ3) is 5.50. The maximum Gasteiger partial charge on any atom is 0.320 e. The van der Waals surface area contributed by atoms with E-state index in [4.69, 9.17) is 0 Å². The van der Waals surface area contributed by atoms with Crippen molar-refractivity contribution in [2.75, 3.05) is 19.4 Å². The van der Waals surface area contributed by atoms with Gasteiger partial charge in [-0.15, -0.1) is 0 Å². The summed E-state index contributed by atoms with van der Waals surface area (Å²) < 4.78 is 28.2. The van der Waals surface area contributed by atoms with Gasteiger partial charge in [0, 0.05) is 6.04 Å². The second-order valence-electron chi connectivity index (χ2n) is 4.06. The molecule has 102 valence electrons. The van der Waals surface area contributed by atoms with E-state index in [9.17, 15) is 13.2 Å². The number of ether oxygens (including phenoxy) is 1. The molecule has 0 aliphatic carbocycles. The molecule has 0 radical (unpaired) electrons. The molecule has 2 unspecified atom stereocenters. The predicted octanol–water partition coefficient (Wildman–Crippen LogP) is 0.741. The molecule has 2 atom stereocenters. The van der Waals surface area contributed by atoms with E-state index in [1.54, 1.807) is 6.92 Å². The number of methoxy groups -OCH3 is 1. The summed E-state index contributed by atoms with van der Waals surface area (Å²) in [7, 11) is -2.26. The topological polar surface area (TPSA) is 72.5 Å². The van der Waals surface area contributed by atoms with Gasteiger partial charge in [-0.1, -0.05) is 13.8 Å². The van der Waals surface area contributed by atoms with Crippen molar-refractivity contribution >= 4 is 15.8 Å². The summed E-state index contributed by atoms with van der Waals surface area (Å²) in [6.45, 7) is 6.36. The van der Waals surface area contributed by atoms with Gasteiger partial charge >= 0.3 is 5.97 Å². The van der Waals surface area contributed by atoms with Crippen molar-refractivity contribution in [3.8, 4) is 0 Å². The Kier molecular flexibility index (Phi) is 7.38. The van der Waals surface area contributed by atoms with Gasteiger partial charge < -0.3 is 10.1 Å². The molecule has 0 aromatic heterocycles. The van der Waals surface area contributed by atoms with Crippen molar-refractivity contribution in [3.63, 3.8) is 0 Å². The SMILES string of the molecule is CCCNC(CC)C(C)S(=O)(=O)CC(=O)OC. The lowest BCUT2D eigenvalue weighted by Crippen LogP contribution is -2.44. The van der Waals surface area contributed by atoms with Crippen molar-refractivity contribution in [1.82, 2.24) is 5.32 Å². The zero-order chi connectivity index (χ0) is 13.5. The monoisotopic (exact) mass is 265 g/mol. The Hall–Kier alpha value is -0.620. The summed E-state index contributed by atoms with van der Waals surface area (Å²) in [5.74, 6) is -1.25. The molecule has 6 heteroatoms. The Morgan fingerprint density at radius 2 is 1.94 bits per heavy atom. The van der Waals surface area contributed by atoms with E-state index in [1.165, 1.54) is 7.11 Å². The third-order valence-electron chi connectivity index (χ3n) is 2.78. The second-order valence-corrected chi connectivity index (χ2v) is 6.42. The highest BCUT2D eigenvalue weighted by Gasteiger charge is 2.30. The maximum absolute atomic E-state index is 11.9. The number of esters is 1. The molecule has 0 amide bonds. The Balaban J connectivity index is 4.62. The van der Waals surface area contributed by atoms with Crippen molar-refractivity contribution in [2.45, 2.75) is 44.9 Å². The van der Waals surface area contributed by atoms with Crippen LogP contribution in [0.4, 0.5) is 0 Å². The minimum absolute atomic E-state index is 0.121. The van der Waals surface area contributed by atoms with Gasteiger partial charge in [0.1, 0.15) is 5.75 Å². The van der Waals surface area contributed by atoms with E-state index >= 15 is 0 Å². The molecule has 0 aromatic carbocycles. The first kappa shape index (κ1) is 16.4.